The largest absolute Gasteiger partial charge is 0.326 e. The molecule has 78 valence electrons. The summed E-state index contributed by atoms with van der Waals surface area (Å²) in [6, 6.07) is 0.0677. The van der Waals surface area contributed by atoms with Crippen molar-refractivity contribution in [1.29, 1.82) is 0 Å². The highest BCUT2D eigenvalue weighted by Gasteiger charge is 2.51. The number of rotatable bonds is 2. The lowest BCUT2D eigenvalue weighted by Gasteiger charge is -2.53. The summed E-state index contributed by atoms with van der Waals surface area (Å²) in [4.78, 5) is 24.7. The molecule has 0 aliphatic carbocycles. The second-order valence-electron chi connectivity index (χ2n) is 4.14. The Morgan fingerprint density at radius 3 is 2.79 bits per heavy atom. The third-order valence-corrected chi connectivity index (χ3v) is 3.36. The van der Waals surface area contributed by atoms with Crippen LogP contribution < -0.4 is 5.32 Å². The fourth-order valence-electron chi connectivity index (χ4n) is 2.63. The van der Waals surface area contributed by atoms with Crippen LogP contribution in [-0.4, -0.2) is 41.8 Å². The Hall–Kier alpha value is -0.900. The first kappa shape index (κ1) is 9.65. The lowest BCUT2D eigenvalue weighted by molar-refractivity contribution is -0.162. The molecule has 0 spiro atoms. The molecule has 0 aromatic carbocycles. The standard InChI is InChI=1S/C10H16N2O2/c1-6(13)7-4-3-5-8-9(11-2)10(14)12(7)8/h7-9,11H,3-5H2,1-2H3. The van der Waals surface area contributed by atoms with Crippen molar-refractivity contribution in [2.24, 2.45) is 0 Å². The molecule has 3 atom stereocenters. The van der Waals surface area contributed by atoms with E-state index in [0.29, 0.717) is 0 Å². The number of nitrogens with one attached hydrogen (secondary N) is 1. The molecule has 1 amide bonds. The number of piperidine rings is 1. The van der Waals surface area contributed by atoms with E-state index in [1.54, 1.807) is 18.9 Å². The van der Waals surface area contributed by atoms with Gasteiger partial charge in [-0.15, -0.1) is 0 Å². The van der Waals surface area contributed by atoms with Gasteiger partial charge in [-0.1, -0.05) is 0 Å². The molecular formula is C10H16N2O2. The predicted molar refractivity (Wildman–Crippen MR) is 51.8 cm³/mol. The zero-order valence-electron chi connectivity index (χ0n) is 8.62. The van der Waals surface area contributed by atoms with Crippen LogP contribution in [0.1, 0.15) is 26.2 Å². The second-order valence-corrected chi connectivity index (χ2v) is 4.14. The fourth-order valence-corrected chi connectivity index (χ4v) is 2.63. The lowest BCUT2D eigenvalue weighted by Crippen LogP contribution is -2.74. The van der Waals surface area contributed by atoms with Gasteiger partial charge in [-0.3, -0.25) is 9.59 Å². The van der Waals surface area contributed by atoms with E-state index in [0.717, 1.165) is 19.3 Å². The van der Waals surface area contributed by atoms with Crippen LogP contribution in [0.2, 0.25) is 0 Å². The van der Waals surface area contributed by atoms with Crippen LogP contribution in [0.15, 0.2) is 0 Å². The van der Waals surface area contributed by atoms with Crippen molar-refractivity contribution in [3.05, 3.63) is 0 Å². The minimum atomic E-state index is -0.147. The summed E-state index contributed by atoms with van der Waals surface area (Å²) in [5.74, 6) is 0.218. The lowest BCUT2D eigenvalue weighted by atomic mass is 9.81. The summed E-state index contributed by atoms with van der Waals surface area (Å²) in [5.41, 5.74) is 0. The molecule has 0 aromatic rings. The first-order valence-corrected chi connectivity index (χ1v) is 5.16. The van der Waals surface area contributed by atoms with Crippen LogP contribution in [0.4, 0.5) is 0 Å². The second kappa shape index (κ2) is 3.35. The smallest absolute Gasteiger partial charge is 0.242 e. The van der Waals surface area contributed by atoms with Crippen LogP contribution >= 0.6 is 0 Å². The molecule has 2 fully saturated rings. The van der Waals surface area contributed by atoms with Crippen molar-refractivity contribution in [2.45, 2.75) is 44.3 Å². The highest BCUT2D eigenvalue weighted by atomic mass is 16.2. The molecule has 4 nitrogen and oxygen atoms in total. The van der Waals surface area contributed by atoms with Crippen molar-refractivity contribution in [2.75, 3.05) is 7.05 Å². The van der Waals surface area contributed by atoms with E-state index in [4.69, 9.17) is 0 Å². The zero-order valence-corrected chi connectivity index (χ0v) is 8.62. The maximum absolute atomic E-state index is 11.7. The summed E-state index contributed by atoms with van der Waals surface area (Å²) in [6.07, 6.45) is 2.92. The van der Waals surface area contributed by atoms with Gasteiger partial charge < -0.3 is 10.2 Å². The van der Waals surface area contributed by atoms with E-state index >= 15 is 0 Å². The molecule has 0 radical (unpaired) electrons. The maximum Gasteiger partial charge on any atom is 0.242 e. The zero-order chi connectivity index (χ0) is 10.3. The molecule has 2 aliphatic rings. The van der Waals surface area contributed by atoms with Crippen LogP contribution in [0, 0.1) is 0 Å². The van der Waals surface area contributed by atoms with Gasteiger partial charge in [0.1, 0.15) is 6.04 Å². The normalized spacial score (nSPS) is 36.3. The van der Waals surface area contributed by atoms with E-state index in [1.807, 2.05) is 0 Å². The van der Waals surface area contributed by atoms with E-state index in [-0.39, 0.29) is 29.8 Å². The van der Waals surface area contributed by atoms with Crippen LogP contribution in [0.5, 0.6) is 0 Å². The monoisotopic (exact) mass is 196 g/mol. The number of hydrogen-bond acceptors (Lipinski definition) is 3. The topological polar surface area (TPSA) is 49.4 Å². The van der Waals surface area contributed by atoms with Gasteiger partial charge in [0.15, 0.2) is 5.78 Å². The molecule has 14 heavy (non-hydrogen) atoms. The highest BCUT2D eigenvalue weighted by molar-refractivity contribution is 5.95. The Morgan fingerprint density at radius 2 is 2.21 bits per heavy atom. The van der Waals surface area contributed by atoms with Crippen molar-refractivity contribution >= 4 is 11.7 Å². The SMILES string of the molecule is CNC1C(=O)N2C(C(C)=O)CCCC12. The van der Waals surface area contributed by atoms with Crippen molar-refractivity contribution in [1.82, 2.24) is 10.2 Å². The number of carbonyl (C=O) groups is 2. The fraction of sp³-hybridized carbons (Fsp3) is 0.800. The van der Waals surface area contributed by atoms with Crippen molar-refractivity contribution in [3.63, 3.8) is 0 Å². The molecule has 2 aliphatic heterocycles. The van der Waals surface area contributed by atoms with Gasteiger partial charge in [0.25, 0.3) is 0 Å². The third kappa shape index (κ3) is 1.17. The van der Waals surface area contributed by atoms with Crippen molar-refractivity contribution < 1.29 is 9.59 Å². The Kier molecular flexibility index (Phi) is 2.31. The first-order valence-electron chi connectivity index (χ1n) is 5.16. The molecule has 3 unspecified atom stereocenters. The molecule has 2 rings (SSSR count). The maximum atomic E-state index is 11.7. The van der Waals surface area contributed by atoms with E-state index in [1.165, 1.54) is 0 Å². The van der Waals surface area contributed by atoms with Gasteiger partial charge in [-0.05, 0) is 33.2 Å². The summed E-state index contributed by atoms with van der Waals surface area (Å²) < 4.78 is 0. The Morgan fingerprint density at radius 1 is 1.50 bits per heavy atom. The van der Waals surface area contributed by atoms with Gasteiger partial charge in [0, 0.05) is 0 Å². The molecule has 2 heterocycles. The number of Topliss-reactive ketones (excluding diaryl/α,β-unsaturated/α-hetero) is 1. The van der Waals surface area contributed by atoms with Gasteiger partial charge in [-0.25, -0.2) is 0 Å². The molecule has 0 bridgehead atoms. The van der Waals surface area contributed by atoms with E-state index < -0.39 is 0 Å². The molecule has 0 saturated carbocycles. The van der Waals surface area contributed by atoms with E-state index in [2.05, 4.69) is 5.32 Å². The first-order chi connectivity index (χ1) is 6.66. The Labute approximate surface area is 83.6 Å². The Bertz CT molecular complexity index is 277. The number of carbonyl (C=O) groups excluding carboxylic acids is 2. The number of hydrogen-bond donors (Lipinski definition) is 1. The van der Waals surface area contributed by atoms with E-state index in [9.17, 15) is 9.59 Å². The molecule has 1 N–H and O–H groups in total. The average molecular weight is 196 g/mol. The van der Waals surface area contributed by atoms with Crippen LogP contribution in [0.3, 0.4) is 0 Å². The minimum Gasteiger partial charge on any atom is -0.326 e. The van der Waals surface area contributed by atoms with Crippen LogP contribution in [-0.2, 0) is 9.59 Å². The summed E-state index contributed by atoms with van der Waals surface area (Å²) in [7, 11) is 1.80. The van der Waals surface area contributed by atoms with Gasteiger partial charge >= 0.3 is 0 Å². The predicted octanol–water partition coefficient (Wildman–Crippen LogP) is -0.0733. The van der Waals surface area contributed by atoms with Crippen LogP contribution in [0.25, 0.3) is 0 Å². The number of fused-ring (bicyclic) bond motifs is 1. The van der Waals surface area contributed by atoms with Gasteiger partial charge in [-0.2, -0.15) is 0 Å². The minimum absolute atomic E-state index is 0.0443. The summed E-state index contributed by atoms with van der Waals surface area (Å²) >= 11 is 0. The number of ketones is 1. The molecule has 2 saturated heterocycles. The summed E-state index contributed by atoms with van der Waals surface area (Å²) in [5, 5.41) is 3.01. The number of amides is 1. The summed E-state index contributed by atoms with van der Waals surface area (Å²) in [6.45, 7) is 1.58. The molecule has 4 heteroatoms. The van der Waals surface area contributed by atoms with Gasteiger partial charge in [0.05, 0.1) is 12.1 Å². The highest BCUT2D eigenvalue weighted by Crippen LogP contribution is 2.33. The number of β-lactam (4-membered cyclic amide) rings is 1. The average Bonchev–Trinajstić information content (AvgIpc) is 2.16. The quantitative estimate of drug-likeness (QED) is 0.629. The Balaban J connectivity index is 2.13. The molecular weight excluding hydrogens is 180 g/mol. The third-order valence-electron chi connectivity index (χ3n) is 3.36. The molecule has 0 aromatic heterocycles. The number of likely N-dealkylation sites (N-methyl/N-ethyl adjacent to an activating group) is 1. The van der Waals surface area contributed by atoms with Gasteiger partial charge in [0.2, 0.25) is 5.91 Å². The van der Waals surface area contributed by atoms with Crippen molar-refractivity contribution in [3.8, 4) is 0 Å². The number of nitrogens with zero attached hydrogens (tertiary/aromatic N) is 1.